The number of hydrogen-bond acceptors (Lipinski definition) is 2. The Balaban J connectivity index is 2.24. The highest BCUT2D eigenvalue weighted by atomic mass is 79.9. The van der Waals surface area contributed by atoms with E-state index in [-0.39, 0.29) is 19.1 Å². The molecule has 18 heavy (non-hydrogen) atoms. The fraction of sp³-hybridized carbons (Fsp3) is 0.364. The van der Waals surface area contributed by atoms with Crippen LogP contribution in [0.2, 0.25) is 0 Å². The van der Waals surface area contributed by atoms with Gasteiger partial charge in [0.2, 0.25) is 0 Å². The van der Waals surface area contributed by atoms with Crippen LogP contribution in [0.4, 0.5) is 13.2 Å². The summed E-state index contributed by atoms with van der Waals surface area (Å²) in [6, 6.07) is 6.62. The molecule has 1 rings (SSSR count). The predicted octanol–water partition coefficient (Wildman–Crippen LogP) is 2.76. The van der Waals surface area contributed by atoms with Crippen LogP contribution in [0, 0.1) is 0 Å². The minimum atomic E-state index is -4.34. The summed E-state index contributed by atoms with van der Waals surface area (Å²) >= 11 is 3.23. The Kier molecular flexibility index (Phi) is 5.61. The van der Waals surface area contributed by atoms with Crippen LogP contribution < -0.4 is 5.32 Å². The van der Waals surface area contributed by atoms with Gasteiger partial charge in [-0.25, -0.2) is 0 Å². The van der Waals surface area contributed by atoms with Gasteiger partial charge in [-0.15, -0.1) is 0 Å². The molecule has 0 spiro atoms. The molecular formula is C11H11BrF3NO2. The molecule has 0 saturated carbocycles. The second-order valence-electron chi connectivity index (χ2n) is 3.43. The van der Waals surface area contributed by atoms with Crippen LogP contribution in [0.3, 0.4) is 0 Å². The highest BCUT2D eigenvalue weighted by Crippen LogP contribution is 2.14. The summed E-state index contributed by atoms with van der Waals surface area (Å²) in [4.78, 5) is 11.5. The first-order valence-corrected chi connectivity index (χ1v) is 5.86. The van der Waals surface area contributed by atoms with Crippen LogP contribution in [-0.4, -0.2) is 31.8 Å². The smallest absolute Gasteiger partial charge is 0.370 e. The number of alkyl halides is 3. The first-order valence-electron chi connectivity index (χ1n) is 5.07. The van der Waals surface area contributed by atoms with E-state index in [9.17, 15) is 18.0 Å². The van der Waals surface area contributed by atoms with Crippen molar-refractivity contribution in [3.8, 4) is 0 Å². The molecule has 0 bridgehead atoms. The fourth-order valence-corrected chi connectivity index (χ4v) is 1.39. The number of halogens is 4. The first kappa shape index (κ1) is 15.0. The number of hydrogen-bond donors (Lipinski definition) is 1. The van der Waals surface area contributed by atoms with Gasteiger partial charge in [-0.3, -0.25) is 4.79 Å². The normalized spacial score (nSPS) is 11.3. The van der Waals surface area contributed by atoms with Gasteiger partial charge in [0.05, 0.1) is 6.61 Å². The van der Waals surface area contributed by atoms with Gasteiger partial charge in [0.25, 0.3) is 5.91 Å². The highest BCUT2D eigenvalue weighted by Gasteiger charge is 2.27. The topological polar surface area (TPSA) is 38.3 Å². The minimum Gasteiger partial charge on any atom is -0.370 e. The standard InChI is InChI=1S/C11H11BrF3NO2/c12-9-3-1-8(2-4-9)10(17)16-5-6-18-7-11(13,14)15/h1-4H,5-7H2,(H,16,17). The summed E-state index contributed by atoms with van der Waals surface area (Å²) in [7, 11) is 0. The lowest BCUT2D eigenvalue weighted by atomic mass is 10.2. The molecule has 0 aromatic heterocycles. The van der Waals surface area contributed by atoms with Crippen LogP contribution in [0.15, 0.2) is 28.7 Å². The maximum Gasteiger partial charge on any atom is 0.411 e. The number of rotatable bonds is 5. The zero-order valence-electron chi connectivity index (χ0n) is 9.26. The Labute approximate surface area is 110 Å². The lowest BCUT2D eigenvalue weighted by molar-refractivity contribution is -0.173. The Morgan fingerprint density at radius 3 is 2.44 bits per heavy atom. The van der Waals surface area contributed by atoms with E-state index in [0.29, 0.717) is 5.56 Å². The summed E-state index contributed by atoms with van der Waals surface area (Å²) in [5.74, 6) is -0.349. The Bertz CT molecular complexity index is 392. The SMILES string of the molecule is O=C(NCCOCC(F)(F)F)c1ccc(Br)cc1. The molecule has 0 heterocycles. The van der Waals surface area contributed by atoms with E-state index in [4.69, 9.17) is 0 Å². The van der Waals surface area contributed by atoms with Crippen molar-refractivity contribution in [3.05, 3.63) is 34.3 Å². The van der Waals surface area contributed by atoms with E-state index in [0.717, 1.165) is 4.47 Å². The van der Waals surface area contributed by atoms with Crippen molar-refractivity contribution in [2.24, 2.45) is 0 Å². The molecule has 0 unspecified atom stereocenters. The Morgan fingerprint density at radius 1 is 1.28 bits per heavy atom. The Morgan fingerprint density at radius 2 is 1.89 bits per heavy atom. The molecule has 0 aliphatic rings. The number of carbonyl (C=O) groups excluding carboxylic acids is 1. The van der Waals surface area contributed by atoms with Gasteiger partial charge in [-0.05, 0) is 24.3 Å². The summed E-state index contributed by atoms with van der Waals surface area (Å²) in [6.45, 7) is -1.45. The van der Waals surface area contributed by atoms with Crippen molar-refractivity contribution < 1.29 is 22.7 Å². The quantitative estimate of drug-likeness (QED) is 0.845. The maximum atomic E-state index is 11.7. The molecule has 7 heteroatoms. The second-order valence-corrected chi connectivity index (χ2v) is 4.35. The van der Waals surface area contributed by atoms with Gasteiger partial charge < -0.3 is 10.1 Å². The molecule has 1 N–H and O–H groups in total. The molecule has 0 atom stereocenters. The van der Waals surface area contributed by atoms with Crippen LogP contribution in [0.5, 0.6) is 0 Å². The summed E-state index contributed by atoms with van der Waals surface area (Å²) in [6.07, 6.45) is -4.34. The molecule has 0 aliphatic heterocycles. The van der Waals surface area contributed by atoms with Crippen LogP contribution in [0.25, 0.3) is 0 Å². The monoisotopic (exact) mass is 325 g/mol. The summed E-state index contributed by atoms with van der Waals surface area (Å²) in [5, 5.41) is 2.46. The van der Waals surface area contributed by atoms with Crippen molar-refractivity contribution in [1.82, 2.24) is 5.32 Å². The minimum absolute atomic E-state index is 0.0327. The molecule has 0 radical (unpaired) electrons. The lowest BCUT2D eigenvalue weighted by Gasteiger charge is -2.08. The maximum absolute atomic E-state index is 11.7. The number of amides is 1. The molecular weight excluding hydrogens is 315 g/mol. The fourth-order valence-electron chi connectivity index (χ4n) is 1.13. The molecule has 0 aliphatic carbocycles. The summed E-state index contributed by atoms with van der Waals surface area (Å²) < 4.78 is 40.4. The van der Waals surface area contributed by atoms with Crippen LogP contribution in [0.1, 0.15) is 10.4 Å². The largest absolute Gasteiger partial charge is 0.411 e. The number of carbonyl (C=O) groups is 1. The molecule has 100 valence electrons. The third kappa shape index (κ3) is 6.02. The van der Waals surface area contributed by atoms with E-state index < -0.39 is 12.8 Å². The second kappa shape index (κ2) is 6.75. The molecule has 0 fully saturated rings. The molecule has 1 aromatic rings. The van der Waals surface area contributed by atoms with Crippen molar-refractivity contribution in [3.63, 3.8) is 0 Å². The average molecular weight is 326 g/mol. The molecule has 3 nitrogen and oxygen atoms in total. The van der Waals surface area contributed by atoms with Crippen molar-refractivity contribution >= 4 is 21.8 Å². The van der Waals surface area contributed by atoms with E-state index >= 15 is 0 Å². The predicted molar refractivity (Wildman–Crippen MR) is 63.3 cm³/mol. The first-order chi connectivity index (χ1) is 8.38. The van der Waals surface area contributed by atoms with E-state index in [1.54, 1.807) is 24.3 Å². The van der Waals surface area contributed by atoms with Crippen molar-refractivity contribution in [2.45, 2.75) is 6.18 Å². The highest BCUT2D eigenvalue weighted by molar-refractivity contribution is 9.10. The van der Waals surface area contributed by atoms with Gasteiger partial charge in [0, 0.05) is 16.6 Å². The van der Waals surface area contributed by atoms with Crippen LogP contribution >= 0.6 is 15.9 Å². The van der Waals surface area contributed by atoms with Gasteiger partial charge in [0.15, 0.2) is 0 Å². The molecule has 1 aromatic carbocycles. The average Bonchev–Trinajstić information content (AvgIpc) is 2.27. The number of nitrogens with one attached hydrogen (secondary N) is 1. The van der Waals surface area contributed by atoms with Gasteiger partial charge >= 0.3 is 6.18 Å². The zero-order chi connectivity index (χ0) is 13.6. The Hall–Kier alpha value is -1.08. The molecule has 1 amide bonds. The molecule has 0 saturated heterocycles. The van der Waals surface area contributed by atoms with Crippen LogP contribution in [-0.2, 0) is 4.74 Å². The van der Waals surface area contributed by atoms with E-state index in [1.807, 2.05) is 0 Å². The van der Waals surface area contributed by atoms with E-state index in [2.05, 4.69) is 26.0 Å². The third-order valence-corrected chi connectivity index (χ3v) is 2.43. The third-order valence-electron chi connectivity index (χ3n) is 1.90. The van der Waals surface area contributed by atoms with E-state index in [1.165, 1.54) is 0 Å². The van der Waals surface area contributed by atoms with Crippen molar-refractivity contribution in [2.75, 3.05) is 19.8 Å². The van der Waals surface area contributed by atoms with Crippen molar-refractivity contribution in [1.29, 1.82) is 0 Å². The van der Waals surface area contributed by atoms with Gasteiger partial charge in [0.1, 0.15) is 6.61 Å². The number of benzene rings is 1. The van der Waals surface area contributed by atoms with Gasteiger partial charge in [-0.2, -0.15) is 13.2 Å². The lowest BCUT2D eigenvalue weighted by Crippen LogP contribution is -2.28. The zero-order valence-corrected chi connectivity index (χ0v) is 10.8. The van der Waals surface area contributed by atoms with Gasteiger partial charge in [-0.1, -0.05) is 15.9 Å². The number of ether oxygens (including phenoxy) is 1. The summed E-state index contributed by atoms with van der Waals surface area (Å²) in [5.41, 5.74) is 0.439.